The van der Waals surface area contributed by atoms with Gasteiger partial charge in [0.2, 0.25) is 0 Å². The van der Waals surface area contributed by atoms with Crippen LogP contribution in [0.4, 0.5) is 0 Å². The highest BCUT2D eigenvalue weighted by molar-refractivity contribution is 9.10. The van der Waals surface area contributed by atoms with Crippen molar-refractivity contribution in [2.24, 2.45) is 0 Å². The molecule has 0 spiro atoms. The predicted molar refractivity (Wildman–Crippen MR) is 129 cm³/mol. The monoisotopic (exact) mass is 492 g/mol. The van der Waals surface area contributed by atoms with Crippen LogP contribution < -0.4 is 4.74 Å². The molecule has 0 amide bonds. The molecule has 1 unspecified atom stereocenters. The van der Waals surface area contributed by atoms with E-state index in [9.17, 15) is 0 Å². The van der Waals surface area contributed by atoms with Gasteiger partial charge in [-0.3, -0.25) is 0 Å². The Morgan fingerprint density at radius 2 is 1.79 bits per heavy atom. The van der Waals surface area contributed by atoms with Crippen molar-refractivity contribution in [3.63, 3.8) is 0 Å². The Hall–Kier alpha value is -1.18. The highest BCUT2D eigenvalue weighted by atomic mass is 79.9. The molecule has 0 N–H and O–H groups in total. The van der Waals surface area contributed by atoms with Gasteiger partial charge >= 0.3 is 0 Å². The minimum absolute atomic E-state index is 0.0987. The summed E-state index contributed by atoms with van der Waals surface area (Å²) in [5.74, 6) is 0.788. The van der Waals surface area contributed by atoms with Gasteiger partial charge in [0.15, 0.2) is 15.1 Å². The average molecular weight is 494 g/mol. The second-order valence-corrected chi connectivity index (χ2v) is 15.5. The van der Waals surface area contributed by atoms with Crippen LogP contribution in [0.2, 0.25) is 18.1 Å². The third-order valence-electron chi connectivity index (χ3n) is 5.51. The molecule has 0 saturated heterocycles. The van der Waals surface area contributed by atoms with E-state index < -0.39 is 8.32 Å². The van der Waals surface area contributed by atoms with Crippen LogP contribution in [-0.4, -0.2) is 22.2 Å². The first-order valence-corrected chi connectivity index (χ1v) is 14.2. The standard InChI is InChI=1S/C23H29BrO3SSi/c1-23(2,3)29(5,6)27-22(21-13-16-9-7-8-10-20(16)28-21)18-14-17(24)11-12-19(18)26-15-25-4/h7-14,22H,15H2,1-6H3. The summed E-state index contributed by atoms with van der Waals surface area (Å²) in [4.78, 5) is 1.19. The molecule has 1 heterocycles. The first kappa shape index (κ1) is 22.5. The number of halogens is 1. The molecular formula is C23H29BrO3SSi. The van der Waals surface area contributed by atoms with Crippen LogP contribution in [0.15, 0.2) is 53.0 Å². The predicted octanol–water partition coefficient (Wildman–Crippen LogP) is 7.76. The Labute approximate surface area is 187 Å². The van der Waals surface area contributed by atoms with Crippen molar-refractivity contribution in [3.8, 4) is 5.75 Å². The fourth-order valence-corrected chi connectivity index (χ4v) is 5.63. The van der Waals surface area contributed by atoms with Crippen molar-refractivity contribution in [3.05, 3.63) is 63.4 Å². The Morgan fingerprint density at radius 3 is 2.45 bits per heavy atom. The van der Waals surface area contributed by atoms with E-state index >= 15 is 0 Å². The molecule has 1 atom stereocenters. The molecule has 6 heteroatoms. The molecule has 0 aliphatic carbocycles. The number of methoxy groups -OCH3 is 1. The molecule has 0 aliphatic heterocycles. The van der Waals surface area contributed by atoms with Crippen molar-refractivity contribution in [1.29, 1.82) is 0 Å². The summed E-state index contributed by atoms with van der Waals surface area (Å²) in [6.07, 6.45) is -0.197. The summed E-state index contributed by atoms with van der Waals surface area (Å²) in [5, 5.41) is 1.34. The minimum atomic E-state index is -2.05. The van der Waals surface area contributed by atoms with E-state index in [1.54, 1.807) is 18.4 Å². The van der Waals surface area contributed by atoms with Crippen molar-refractivity contribution >= 4 is 45.7 Å². The van der Waals surface area contributed by atoms with Gasteiger partial charge in [-0.05, 0) is 53.9 Å². The molecule has 0 bridgehead atoms. The molecule has 29 heavy (non-hydrogen) atoms. The lowest BCUT2D eigenvalue weighted by Gasteiger charge is -2.39. The fourth-order valence-electron chi connectivity index (χ4n) is 2.86. The van der Waals surface area contributed by atoms with Gasteiger partial charge in [-0.1, -0.05) is 54.9 Å². The summed E-state index contributed by atoms with van der Waals surface area (Å²) in [5.41, 5.74) is 1.02. The van der Waals surface area contributed by atoms with E-state index in [1.165, 1.54) is 15.0 Å². The normalized spacial score (nSPS) is 13.6. The topological polar surface area (TPSA) is 27.7 Å². The van der Waals surface area contributed by atoms with Gasteiger partial charge in [-0.2, -0.15) is 0 Å². The van der Waals surface area contributed by atoms with Crippen molar-refractivity contribution in [1.82, 2.24) is 0 Å². The van der Waals surface area contributed by atoms with Crippen molar-refractivity contribution in [2.75, 3.05) is 13.9 Å². The van der Waals surface area contributed by atoms with Gasteiger partial charge in [0, 0.05) is 26.7 Å². The number of fused-ring (bicyclic) bond motifs is 1. The Kier molecular flexibility index (Phi) is 6.90. The lowest BCUT2D eigenvalue weighted by molar-refractivity contribution is 0.0490. The fraction of sp³-hybridized carbons (Fsp3) is 0.391. The Bertz CT molecular complexity index is 945. The summed E-state index contributed by atoms with van der Waals surface area (Å²) in [6, 6.07) is 16.8. The Morgan fingerprint density at radius 1 is 1.07 bits per heavy atom. The maximum atomic E-state index is 6.99. The van der Waals surface area contributed by atoms with E-state index in [2.05, 4.69) is 86.2 Å². The largest absolute Gasteiger partial charge is 0.467 e. The van der Waals surface area contributed by atoms with E-state index in [-0.39, 0.29) is 17.9 Å². The highest BCUT2D eigenvalue weighted by Gasteiger charge is 2.40. The summed E-state index contributed by atoms with van der Waals surface area (Å²) in [6.45, 7) is 11.6. The lowest BCUT2D eigenvalue weighted by Crippen LogP contribution is -2.42. The molecule has 0 saturated carbocycles. The number of hydrogen-bond donors (Lipinski definition) is 0. The van der Waals surface area contributed by atoms with Crippen LogP contribution in [-0.2, 0) is 9.16 Å². The van der Waals surface area contributed by atoms with Crippen molar-refractivity contribution in [2.45, 2.75) is 45.0 Å². The zero-order valence-electron chi connectivity index (χ0n) is 17.9. The number of hydrogen-bond acceptors (Lipinski definition) is 4. The number of thiophene rings is 1. The molecule has 2 aromatic carbocycles. The zero-order chi connectivity index (χ0) is 21.2. The summed E-state index contributed by atoms with van der Waals surface area (Å²) >= 11 is 5.42. The first-order chi connectivity index (χ1) is 13.6. The molecule has 1 aromatic heterocycles. The quantitative estimate of drug-likeness (QED) is 0.249. The molecule has 3 rings (SSSR count). The highest BCUT2D eigenvalue weighted by Crippen LogP contribution is 2.46. The van der Waals surface area contributed by atoms with E-state index in [0.29, 0.717) is 0 Å². The van der Waals surface area contributed by atoms with E-state index in [4.69, 9.17) is 13.9 Å². The van der Waals surface area contributed by atoms with Gasteiger partial charge < -0.3 is 13.9 Å². The Balaban J connectivity index is 2.14. The molecular weight excluding hydrogens is 464 g/mol. The second-order valence-electron chi connectivity index (χ2n) is 8.68. The maximum absolute atomic E-state index is 6.99. The molecule has 156 valence electrons. The minimum Gasteiger partial charge on any atom is -0.467 e. The molecule has 3 aromatic rings. The molecule has 0 radical (unpaired) electrons. The molecule has 0 fully saturated rings. The van der Waals surface area contributed by atoms with Crippen molar-refractivity contribution < 1.29 is 13.9 Å². The molecule has 3 nitrogen and oxygen atoms in total. The lowest BCUT2D eigenvalue weighted by atomic mass is 10.1. The van der Waals surface area contributed by atoms with Crippen LogP contribution in [0, 0.1) is 0 Å². The van der Waals surface area contributed by atoms with Crippen LogP contribution in [0.5, 0.6) is 5.75 Å². The third kappa shape index (κ3) is 5.12. The SMILES string of the molecule is COCOc1ccc(Br)cc1C(O[Si](C)(C)C(C)(C)C)c1cc2ccccc2s1. The van der Waals surface area contributed by atoms with Gasteiger partial charge in [0.05, 0.1) is 0 Å². The maximum Gasteiger partial charge on any atom is 0.193 e. The average Bonchev–Trinajstić information content (AvgIpc) is 3.08. The second kappa shape index (κ2) is 8.90. The zero-order valence-corrected chi connectivity index (χ0v) is 21.3. The van der Waals surface area contributed by atoms with Gasteiger partial charge in [-0.25, -0.2) is 0 Å². The number of benzene rings is 2. The number of rotatable bonds is 7. The summed E-state index contributed by atoms with van der Waals surface area (Å²) in [7, 11) is -0.416. The van der Waals surface area contributed by atoms with Gasteiger partial charge in [0.25, 0.3) is 0 Å². The number of ether oxygens (including phenoxy) is 2. The van der Waals surface area contributed by atoms with Crippen LogP contribution >= 0.6 is 27.3 Å². The van der Waals surface area contributed by atoms with Crippen LogP contribution in [0.25, 0.3) is 10.1 Å². The third-order valence-corrected chi connectivity index (χ3v) is 11.6. The van der Waals surface area contributed by atoms with E-state index in [0.717, 1.165) is 15.8 Å². The molecule has 0 aliphatic rings. The van der Waals surface area contributed by atoms with Gasteiger partial charge in [-0.15, -0.1) is 11.3 Å². The van der Waals surface area contributed by atoms with Gasteiger partial charge in [0.1, 0.15) is 11.9 Å². The van der Waals surface area contributed by atoms with Crippen LogP contribution in [0.1, 0.15) is 37.3 Å². The summed E-state index contributed by atoms with van der Waals surface area (Å²) < 4.78 is 20.3. The first-order valence-electron chi connectivity index (χ1n) is 9.70. The van der Waals surface area contributed by atoms with Crippen LogP contribution in [0.3, 0.4) is 0 Å². The van der Waals surface area contributed by atoms with E-state index in [1.807, 2.05) is 12.1 Å². The smallest absolute Gasteiger partial charge is 0.193 e.